The van der Waals surface area contributed by atoms with Crippen molar-refractivity contribution in [2.24, 2.45) is 5.73 Å². The number of anilines is 1. The molecule has 8 nitrogen and oxygen atoms in total. The normalized spacial score (nSPS) is 10.4. The first kappa shape index (κ1) is 21.7. The molecule has 2 rings (SSSR count). The van der Waals surface area contributed by atoms with Crippen LogP contribution in [-0.4, -0.2) is 46.5 Å². The molecule has 2 aromatic rings. The number of nitrogens with two attached hydrogens (primary N) is 1. The highest BCUT2D eigenvalue weighted by Gasteiger charge is 2.26. The van der Waals surface area contributed by atoms with Gasteiger partial charge in [-0.25, -0.2) is 9.69 Å². The van der Waals surface area contributed by atoms with Crippen LogP contribution in [0.15, 0.2) is 36.4 Å². The minimum absolute atomic E-state index is 0.0737. The van der Waals surface area contributed by atoms with Crippen molar-refractivity contribution in [3.8, 4) is 11.5 Å². The second-order valence-electron chi connectivity index (χ2n) is 6.78. The number of amides is 3. The zero-order valence-electron chi connectivity index (χ0n) is 16.8. The number of phenolic OH excluding ortho intramolecular Hbond substituents is 2. The topological polar surface area (TPSA) is 131 Å². The van der Waals surface area contributed by atoms with E-state index < -0.39 is 29.3 Å². The Balaban J connectivity index is 2.50. The molecular formula is C21H26N4O4. The van der Waals surface area contributed by atoms with Crippen LogP contribution in [0.4, 0.5) is 10.5 Å². The fourth-order valence-corrected chi connectivity index (χ4v) is 2.92. The van der Waals surface area contributed by atoms with Crippen LogP contribution in [0.3, 0.4) is 0 Å². The lowest BCUT2D eigenvalue weighted by atomic mass is 10.0. The van der Waals surface area contributed by atoms with Gasteiger partial charge in [-0.2, -0.15) is 0 Å². The molecule has 0 radical (unpaired) electrons. The number of aryl methyl sites for hydroxylation is 1. The predicted molar refractivity (Wildman–Crippen MR) is 112 cm³/mol. The molecule has 8 heteroatoms. The zero-order chi connectivity index (χ0) is 21.7. The maximum atomic E-state index is 12.7. The van der Waals surface area contributed by atoms with E-state index in [1.54, 1.807) is 38.2 Å². The van der Waals surface area contributed by atoms with E-state index in [0.717, 1.165) is 23.8 Å². The Kier molecular flexibility index (Phi) is 6.82. The number of aromatic hydroxyl groups is 2. The summed E-state index contributed by atoms with van der Waals surface area (Å²) in [6.07, 6.45) is 1.70. The average molecular weight is 398 g/mol. The largest absolute Gasteiger partial charge is 0.507 e. The first-order chi connectivity index (χ1) is 13.7. The Labute approximate surface area is 169 Å². The maximum absolute atomic E-state index is 12.7. The van der Waals surface area contributed by atoms with Gasteiger partial charge >= 0.3 is 6.03 Å². The van der Waals surface area contributed by atoms with Crippen LogP contribution in [0.5, 0.6) is 11.5 Å². The van der Waals surface area contributed by atoms with Crippen LogP contribution in [0, 0.1) is 12.3 Å². The molecule has 0 saturated carbocycles. The third-order valence-electron chi connectivity index (χ3n) is 4.59. The number of benzene rings is 2. The van der Waals surface area contributed by atoms with Gasteiger partial charge in [-0.3, -0.25) is 10.2 Å². The number of hydrogen-bond donors (Lipinski definition) is 4. The van der Waals surface area contributed by atoms with Crippen molar-refractivity contribution in [1.29, 1.82) is 5.41 Å². The van der Waals surface area contributed by atoms with E-state index in [9.17, 15) is 19.8 Å². The van der Waals surface area contributed by atoms with Gasteiger partial charge in [-0.05, 0) is 31.0 Å². The smallest absolute Gasteiger partial charge is 0.325 e. The summed E-state index contributed by atoms with van der Waals surface area (Å²) in [6, 6.07) is 8.13. The number of carbonyl (C=O) groups excluding carboxylic acids is 2. The van der Waals surface area contributed by atoms with Crippen LogP contribution in [0.1, 0.15) is 41.3 Å². The Bertz CT molecular complexity index is 942. The Hall–Kier alpha value is -3.55. The van der Waals surface area contributed by atoms with Gasteiger partial charge in [0.1, 0.15) is 17.3 Å². The van der Waals surface area contributed by atoms with E-state index in [1.807, 2.05) is 6.92 Å². The summed E-state index contributed by atoms with van der Waals surface area (Å²) in [4.78, 5) is 27.2. The monoisotopic (exact) mass is 398 g/mol. The number of primary amides is 1. The summed E-state index contributed by atoms with van der Waals surface area (Å²) in [5.74, 6) is -1.71. The summed E-state index contributed by atoms with van der Waals surface area (Å²) >= 11 is 0. The van der Waals surface area contributed by atoms with Gasteiger partial charge in [0.2, 0.25) is 0 Å². The van der Waals surface area contributed by atoms with Crippen LogP contribution in [0.25, 0.3) is 0 Å². The first-order valence-corrected chi connectivity index (χ1v) is 9.24. The second kappa shape index (κ2) is 9.09. The number of hydrogen-bond acceptors (Lipinski definition) is 5. The Morgan fingerprint density at radius 2 is 1.72 bits per heavy atom. The number of para-hydroxylation sites is 1. The minimum Gasteiger partial charge on any atom is -0.507 e. The van der Waals surface area contributed by atoms with Crippen molar-refractivity contribution in [2.45, 2.75) is 26.7 Å². The minimum atomic E-state index is -0.912. The molecule has 0 aromatic heterocycles. The van der Waals surface area contributed by atoms with Crippen LogP contribution < -0.4 is 10.6 Å². The molecule has 154 valence electrons. The molecule has 2 aromatic carbocycles. The number of unbranched alkanes of at least 4 members (excludes halogenated alkanes) is 1. The lowest BCUT2D eigenvalue weighted by molar-refractivity contribution is 0.0790. The molecule has 0 atom stereocenters. The molecule has 0 aliphatic rings. The van der Waals surface area contributed by atoms with E-state index in [4.69, 9.17) is 11.1 Å². The van der Waals surface area contributed by atoms with Crippen molar-refractivity contribution in [2.75, 3.05) is 18.5 Å². The number of amidine groups is 1. The van der Waals surface area contributed by atoms with Gasteiger partial charge in [0, 0.05) is 19.7 Å². The molecule has 3 amide bonds. The van der Waals surface area contributed by atoms with Crippen molar-refractivity contribution in [3.05, 3.63) is 53.1 Å². The number of phenols is 2. The fourth-order valence-electron chi connectivity index (χ4n) is 2.92. The van der Waals surface area contributed by atoms with E-state index >= 15 is 0 Å². The summed E-state index contributed by atoms with van der Waals surface area (Å²) in [6.45, 7) is 4.26. The van der Waals surface area contributed by atoms with Crippen molar-refractivity contribution in [3.63, 3.8) is 0 Å². The number of urea groups is 1. The summed E-state index contributed by atoms with van der Waals surface area (Å²) in [7, 11) is 1.61. The van der Waals surface area contributed by atoms with E-state index in [0.29, 0.717) is 17.8 Å². The number of carbonyl (C=O) groups is 2. The number of nitrogens with one attached hydrogen (secondary N) is 1. The van der Waals surface area contributed by atoms with Crippen molar-refractivity contribution >= 4 is 23.5 Å². The van der Waals surface area contributed by atoms with E-state index in [2.05, 4.69) is 0 Å². The average Bonchev–Trinajstić information content (AvgIpc) is 2.67. The highest BCUT2D eigenvalue weighted by molar-refractivity contribution is 6.23. The SMILES string of the molecule is CCCCN(C)C(=O)c1cc(C(=N)N(C(N)=O)c2ccccc2C)c(O)cc1O. The van der Waals surface area contributed by atoms with Gasteiger partial charge in [-0.15, -0.1) is 0 Å². The standard InChI is InChI=1S/C21H26N4O4/c1-4-5-10-24(3)20(28)15-11-14(17(26)12-18(15)27)19(22)25(21(23)29)16-9-7-6-8-13(16)2/h6-9,11-12,22,26-27H,4-5,10H2,1-3H3,(H2,23,29). The van der Waals surface area contributed by atoms with Crippen LogP contribution >= 0.6 is 0 Å². The molecule has 0 saturated heterocycles. The van der Waals surface area contributed by atoms with Gasteiger partial charge in [0.05, 0.1) is 16.8 Å². The molecule has 29 heavy (non-hydrogen) atoms. The lowest BCUT2D eigenvalue weighted by Gasteiger charge is -2.24. The zero-order valence-corrected chi connectivity index (χ0v) is 16.8. The van der Waals surface area contributed by atoms with Gasteiger partial charge in [0.25, 0.3) is 5.91 Å². The molecule has 0 fully saturated rings. The third-order valence-corrected chi connectivity index (χ3v) is 4.59. The predicted octanol–water partition coefficient (Wildman–Crippen LogP) is 3.19. The maximum Gasteiger partial charge on any atom is 0.325 e. The summed E-state index contributed by atoms with van der Waals surface area (Å²) in [5.41, 5.74) is 6.40. The molecular weight excluding hydrogens is 372 g/mol. The molecule has 0 spiro atoms. The lowest BCUT2D eigenvalue weighted by Crippen LogP contribution is -2.41. The van der Waals surface area contributed by atoms with Gasteiger partial charge < -0.3 is 20.8 Å². The quantitative estimate of drug-likeness (QED) is 0.439. The number of rotatable bonds is 6. The summed E-state index contributed by atoms with van der Waals surface area (Å²) < 4.78 is 0. The summed E-state index contributed by atoms with van der Waals surface area (Å²) in [5, 5.41) is 28.9. The molecule has 5 N–H and O–H groups in total. The highest BCUT2D eigenvalue weighted by atomic mass is 16.3. The molecule has 0 bridgehead atoms. The first-order valence-electron chi connectivity index (χ1n) is 9.24. The van der Waals surface area contributed by atoms with Crippen LogP contribution in [-0.2, 0) is 0 Å². The van der Waals surface area contributed by atoms with Crippen molar-refractivity contribution in [1.82, 2.24) is 4.90 Å². The molecule has 0 heterocycles. The molecule has 0 aliphatic heterocycles. The fraction of sp³-hybridized carbons (Fsp3) is 0.286. The van der Waals surface area contributed by atoms with Gasteiger partial charge in [-0.1, -0.05) is 31.5 Å². The van der Waals surface area contributed by atoms with Crippen LogP contribution in [0.2, 0.25) is 0 Å². The van der Waals surface area contributed by atoms with E-state index in [-0.39, 0.29) is 11.1 Å². The Morgan fingerprint density at radius 1 is 1.10 bits per heavy atom. The molecule has 0 aliphatic carbocycles. The van der Waals surface area contributed by atoms with E-state index in [1.165, 1.54) is 11.0 Å². The second-order valence-corrected chi connectivity index (χ2v) is 6.78. The third kappa shape index (κ3) is 4.66. The van der Waals surface area contributed by atoms with Gasteiger partial charge in [0.15, 0.2) is 0 Å². The highest BCUT2D eigenvalue weighted by Crippen LogP contribution is 2.31. The van der Waals surface area contributed by atoms with Crippen molar-refractivity contribution < 1.29 is 19.8 Å². The molecule has 0 unspecified atom stereocenters. The number of nitrogens with zero attached hydrogens (tertiary/aromatic N) is 2. The Morgan fingerprint density at radius 3 is 2.31 bits per heavy atom.